The molecule has 2 amide bonds. The van der Waals surface area contributed by atoms with Gasteiger partial charge in [0.05, 0.1) is 0 Å². The van der Waals surface area contributed by atoms with Crippen molar-refractivity contribution in [2.45, 2.75) is 19.4 Å². The van der Waals surface area contributed by atoms with Crippen LogP contribution in [0.25, 0.3) is 0 Å². The van der Waals surface area contributed by atoms with E-state index >= 15 is 0 Å². The zero-order valence-electron chi connectivity index (χ0n) is 12.4. The molecule has 3 rings (SSSR count). The van der Waals surface area contributed by atoms with E-state index in [1.54, 1.807) is 12.1 Å². The molecule has 1 aliphatic heterocycles. The number of nitrogens with one attached hydrogen (secondary N) is 1. The average Bonchev–Trinajstić information content (AvgIpc) is 2.56. The number of halogens is 1. The predicted molar refractivity (Wildman–Crippen MR) is 84.1 cm³/mol. The summed E-state index contributed by atoms with van der Waals surface area (Å²) in [6.07, 6.45) is 1.61. The van der Waals surface area contributed by atoms with Crippen LogP contribution >= 0.6 is 0 Å². The number of hydrogen-bond acceptors (Lipinski definition) is 1. The minimum Gasteiger partial charge on any atom is -0.338 e. The van der Waals surface area contributed by atoms with Crippen LogP contribution in [0, 0.1) is 5.82 Å². The molecular formula is C18H19FN2O. The first-order valence-corrected chi connectivity index (χ1v) is 7.56. The number of hydrogen-bond donors (Lipinski definition) is 1. The lowest BCUT2D eigenvalue weighted by Crippen LogP contribution is -2.43. The van der Waals surface area contributed by atoms with Crippen molar-refractivity contribution in [2.75, 3.05) is 13.1 Å². The first kappa shape index (κ1) is 14.6. The van der Waals surface area contributed by atoms with Crippen molar-refractivity contribution in [1.29, 1.82) is 0 Å². The zero-order valence-corrected chi connectivity index (χ0v) is 12.4. The number of rotatable bonds is 3. The van der Waals surface area contributed by atoms with Crippen LogP contribution in [0.3, 0.4) is 0 Å². The average molecular weight is 298 g/mol. The van der Waals surface area contributed by atoms with Crippen LogP contribution in [-0.4, -0.2) is 24.0 Å². The largest absolute Gasteiger partial charge is 0.338 e. The van der Waals surface area contributed by atoms with Crippen molar-refractivity contribution in [3.8, 4) is 0 Å². The van der Waals surface area contributed by atoms with E-state index in [-0.39, 0.29) is 11.8 Å². The van der Waals surface area contributed by atoms with E-state index in [4.69, 9.17) is 0 Å². The molecule has 2 aromatic carbocycles. The Balaban J connectivity index is 1.50. The summed E-state index contributed by atoms with van der Waals surface area (Å²) >= 11 is 0. The second-order valence-electron chi connectivity index (χ2n) is 5.55. The van der Waals surface area contributed by atoms with Gasteiger partial charge >= 0.3 is 6.03 Å². The van der Waals surface area contributed by atoms with E-state index in [0.717, 1.165) is 18.5 Å². The standard InChI is InChI=1S/C18H19FN2O/c19-17-7-5-14(6-8-17)9-11-20-18(22)21-12-10-15-3-1-2-4-16(15)13-21/h1-8H,9-13H2,(H,20,22). The number of fused-ring (bicyclic) bond motifs is 1. The Kier molecular flexibility index (Phi) is 4.37. The molecule has 1 heterocycles. The van der Waals surface area contributed by atoms with Gasteiger partial charge in [-0.25, -0.2) is 9.18 Å². The molecule has 0 aliphatic carbocycles. The van der Waals surface area contributed by atoms with Crippen LogP contribution in [0.4, 0.5) is 9.18 Å². The molecule has 0 saturated carbocycles. The van der Waals surface area contributed by atoms with Crippen molar-refractivity contribution in [3.63, 3.8) is 0 Å². The highest BCUT2D eigenvalue weighted by Crippen LogP contribution is 2.18. The summed E-state index contributed by atoms with van der Waals surface area (Å²) in [6.45, 7) is 1.97. The Morgan fingerprint density at radius 2 is 1.82 bits per heavy atom. The third-order valence-corrected chi connectivity index (χ3v) is 4.02. The van der Waals surface area contributed by atoms with Crippen molar-refractivity contribution in [2.24, 2.45) is 0 Å². The van der Waals surface area contributed by atoms with E-state index in [2.05, 4.69) is 17.4 Å². The Bertz CT molecular complexity index is 654. The highest BCUT2D eigenvalue weighted by atomic mass is 19.1. The van der Waals surface area contributed by atoms with E-state index < -0.39 is 0 Å². The van der Waals surface area contributed by atoms with Gasteiger partial charge in [0, 0.05) is 19.6 Å². The van der Waals surface area contributed by atoms with Gasteiger partial charge in [-0.3, -0.25) is 0 Å². The summed E-state index contributed by atoms with van der Waals surface area (Å²) in [5, 5.41) is 2.94. The summed E-state index contributed by atoms with van der Waals surface area (Å²) in [6, 6.07) is 14.6. The summed E-state index contributed by atoms with van der Waals surface area (Å²) < 4.78 is 12.8. The minimum absolute atomic E-state index is 0.0309. The molecule has 0 saturated heterocycles. The maximum Gasteiger partial charge on any atom is 0.317 e. The summed E-state index contributed by atoms with van der Waals surface area (Å²) in [4.78, 5) is 14.0. The van der Waals surface area contributed by atoms with Gasteiger partial charge in [0.1, 0.15) is 5.82 Å². The number of amides is 2. The molecular weight excluding hydrogens is 279 g/mol. The Morgan fingerprint density at radius 1 is 1.09 bits per heavy atom. The fraction of sp³-hybridized carbons (Fsp3) is 0.278. The number of nitrogens with zero attached hydrogens (tertiary/aromatic N) is 1. The smallest absolute Gasteiger partial charge is 0.317 e. The lowest BCUT2D eigenvalue weighted by molar-refractivity contribution is 0.192. The molecule has 0 atom stereocenters. The van der Waals surface area contributed by atoms with Crippen LogP contribution in [0.2, 0.25) is 0 Å². The molecule has 0 fully saturated rings. The third-order valence-electron chi connectivity index (χ3n) is 4.02. The Hall–Kier alpha value is -2.36. The second-order valence-corrected chi connectivity index (χ2v) is 5.55. The van der Waals surface area contributed by atoms with Crippen LogP contribution < -0.4 is 5.32 Å². The van der Waals surface area contributed by atoms with Crippen molar-refractivity contribution < 1.29 is 9.18 Å². The molecule has 0 unspecified atom stereocenters. The minimum atomic E-state index is -0.236. The molecule has 0 spiro atoms. The SMILES string of the molecule is O=C(NCCc1ccc(F)cc1)N1CCc2ccccc2C1. The predicted octanol–water partition coefficient (Wildman–Crippen LogP) is 3.14. The third kappa shape index (κ3) is 3.45. The summed E-state index contributed by atoms with van der Waals surface area (Å²) in [5.41, 5.74) is 3.57. The Labute approximate surface area is 129 Å². The van der Waals surface area contributed by atoms with E-state index in [1.807, 2.05) is 17.0 Å². The highest BCUT2D eigenvalue weighted by Gasteiger charge is 2.19. The Morgan fingerprint density at radius 3 is 2.59 bits per heavy atom. The fourth-order valence-electron chi connectivity index (χ4n) is 2.75. The number of urea groups is 1. The maximum absolute atomic E-state index is 12.8. The maximum atomic E-state index is 12.8. The van der Waals surface area contributed by atoms with Crippen LogP contribution in [0.1, 0.15) is 16.7 Å². The molecule has 4 heteroatoms. The van der Waals surface area contributed by atoms with Gasteiger partial charge in [0.25, 0.3) is 0 Å². The van der Waals surface area contributed by atoms with Gasteiger partial charge in [-0.05, 0) is 41.7 Å². The van der Waals surface area contributed by atoms with Crippen LogP contribution in [-0.2, 0) is 19.4 Å². The molecule has 2 aromatic rings. The summed E-state index contributed by atoms with van der Waals surface area (Å²) in [7, 11) is 0. The van der Waals surface area contributed by atoms with Crippen molar-refractivity contribution in [1.82, 2.24) is 10.2 Å². The van der Waals surface area contributed by atoms with Crippen LogP contribution in [0.5, 0.6) is 0 Å². The van der Waals surface area contributed by atoms with Gasteiger partial charge in [-0.1, -0.05) is 36.4 Å². The molecule has 22 heavy (non-hydrogen) atoms. The molecule has 0 aromatic heterocycles. The summed E-state index contributed by atoms with van der Waals surface area (Å²) in [5.74, 6) is -0.236. The topological polar surface area (TPSA) is 32.3 Å². The first-order valence-electron chi connectivity index (χ1n) is 7.56. The molecule has 1 aliphatic rings. The van der Waals surface area contributed by atoms with Gasteiger partial charge in [-0.15, -0.1) is 0 Å². The van der Waals surface area contributed by atoms with Gasteiger partial charge in [0.15, 0.2) is 0 Å². The van der Waals surface area contributed by atoms with Crippen LogP contribution in [0.15, 0.2) is 48.5 Å². The molecule has 114 valence electrons. The lowest BCUT2D eigenvalue weighted by Gasteiger charge is -2.29. The van der Waals surface area contributed by atoms with Crippen molar-refractivity contribution >= 4 is 6.03 Å². The zero-order chi connectivity index (χ0) is 15.4. The number of carbonyl (C=O) groups excluding carboxylic acids is 1. The quantitative estimate of drug-likeness (QED) is 0.927. The monoisotopic (exact) mass is 298 g/mol. The highest BCUT2D eigenvalue weighted by molar-refractivity contribution is 5.74. The second kappa shape index (κ2) is 6.60. The van der Waals surface area contributed by atoms with E-state index in [1.165, 1.54) is 23.3 Å². The normalized spacial score (nSPS) is 13.6. The first-order chi connectivity index (χ1) is 10.7. The fourth-order valence-corrected chi connectivity index (χ4v) is 2.75. The van der Waals surface area contributed by atoms with Gasteiger partial charge < -0.3 is 10.2 Å². The lowest BCUT2D eigenvalue weighted by atomic mass is 10.0. The van der Waals surface area contributed by atoms with Gasteiger partial charge in [-0.2, -0.15) is 0 Å². The molecule has 0 bridgehead atoms. The van der Waals surface area contributed by atoms with Crippen molar-refractivity contribution in [3.05, 3.63) is 71.0 Å². The molecule has 1 N–H and O–H groups in total. The van der Waals surface area contributed by atoms with Gasteiger partial charge in [0.2, 0.25) is 0 Å². The number of benzene rings is 2. The van der Waals surface area contributed by atoms with E-state index in [0.29, 0.717) is 19.5 Å². The van der Waals surface area contributed by atoms with E-state index in [9.17, 15) is 9.18 Å². The molecule has 0 radical (unpaired) electrons. The number of carbonyl (C=O) groups is 1. The molecule has 3 nitrogen and oxygen atoms in total.